The summed E-state index contributed by atoms with van der Waals surface area (Å²) in [7, 11) is 0. The highest BCUT2D eigenvalue weighted by atomic mass is 32.1. The normalized spacial score (nSPS) is 17.7. The molecule has 0 saturated heterocycles. The van der Waals surface area contributed by atoms with Crippen LogP contribution in [0.4, 0.5) is 0 Å². The van der Waals surface area contributed by atoms with Crippen molar-refractivity contribution in [2.24, 2.45) is 0 Å². The third-order valence-electron chi connectivity index (χ3n) is 3.13. The van der Waals surface area contributed by atoms with Gasteiger partial charge in [-0.15, -0.1) is 11.3 Å². The van der Waals surface area contributed by atoms with Crippen molar-refractivity contribution in [3.05, 3.63) is 15.6 Å². The summed E-state index contributed by atoms with van der Waals surface area (Å²) in [6.45, 7) is 6.64. The van der Waals surface area contributed by atoms with E-state index in [0.29, 0.717) is 6.04 Å². The highest BCUT2D eigenvalue weighted by Crippen LogP contribution is 2.30. The number of thiazole rings is 1. The second-order valence-corrected chi connectivity index (χ2v) is 5.93. The van der Waals surface area contributed by atoms with Crippen molar-refractivity contribution in [2.45, 2.75) is 65.0 Å². The first kappa shape index (κ1) is 12.1. The fourth-order valence-corrected chi connectivity index (χ4v) is 3.13. The van der Waals surface area contributed by atoms with Crippen LogP contribution in [0.2, 0.25) is 0 Å². The first-order chi connectivity index (χ1) is 7.74. The highest BCUT2D eigenvalue weighted by Gasteiger charge is 2.26. The van der Waals surface area contributed by atoms with E-state index in [1.165, 1.54) is 41.3 Å². The van der Waals surface area contributed by atoms with Crippen molar-refractivity contribution in [1.29, 1.82) is 0 Å². The van der Waals surface area contributed by atoms with E-state index in [0.717, 1.165) is 12.5 Å². The molecule has 1 aromatic heterocycles. The number of hydrogen-bond donors (Lipinski definition) is 1. The molecule has 1 unspecified atom stereocenters. The molecule has 1 atom stereocenters. The summed E-state index contributed by atoms with van der Waals surface area (Å²) in [6, 6.07) is 1.27. The molecule has 0 aliphatic heterocycles. The van der Waals surface area contributed by atoms with E-state index < -0.39 is 0 Å². The van der Waals surface area contributed by atoms with Crippen LogP contribution in [0, 0.1) is 6.92 Å². The van der Waals surface area contributed by atoms with Crippen molar-refractivity contribution in [3.63, 3.8) is 0 Å². The molecular formula is C13H22N2S. The lowest BCUT2D eigenvalue weighted by Gasteiger charge is -2.14. The van der Waals surface area contributed by atoms with Crippen LogP contribution in [0.25, 0.3) is 0 Å². The maximum Gasteiger partial charge on any atom is 0.110 e. The quantitative estimate of drug-likeness (QED) is 0.819. The summed E-state index contributed by atoms with van der Waals surface area (Å²) < 4.78 is 0. The van der Waals surface area contributed by atoms with Gasteiger partial charge in [-0.1, -0.05) is 20.3 Å². The summed E-state index contributed by atoms with van der Waals surface area (Å²) >= 11 is 1.88. The van der Waals surface area contributed by atoms with Crippen molar-refractivity contribution < 1.29 is 0 Å². The van der Waals surface area contributed by atoms with Crippen LogP contribution < -0.4 is 5.32 Å². The van der Waals surface area contributed by atoms with Crippen molar-refractivity contribution in [3.8, 4) is 0 Å². The molecule has 0 radical (unpaired) electrons. The van der Waals surface area contributed by atoms with Crippen LogP contribution in [0.1, 0.15) is 61.2 Å². The standard InChI is InChI=1S/C13H22N2S/c1-4-6-12(14-10-7-8-10)13-15-11(5-2)9(3)16-13/h10,12,14H,4-8H2,1-3H3. The number of nitrogens with zero attached hydrogens (tertiary/aromatic N) is 1. The summed E-state index contributed by atoms with van der Waals surface area (Å²) in [5.74, 6) is 0. The number of aromatic nitrogens is 1. The van der Waals surface area contributed by atoms with E-state index in [1.807, 2.05) is 11.3 Å². The average Bonchev–Trinajstić information content (AvgIpc) is 3.00. The van der Waals surface area contributed by atoms with Crippen LogP contribution >= 0.6 is 11.3 Å². The minimum atomic E-state index is 0.501. The molecule has 2 rings (SSSR count). The molecule has 0 aromatic carbocycles. The molecule has 16 heavy (non-hydrogen) atoms. The van der Waals surface area contributed by atoms with E-state index in [1.54, 1.807) is 0 Å². The molecule has 90 valence electrons. The van der Waals surface area contributed by atoms with E-state index in [-0.39, 0.29) is 0 Å². The molecule has 1 aliphatic carbocycles. The van der Waals surface area contributed by atoms with Crippen LogP contribution in [0.3, 0.4) is 0 Å². The SMILES string of the molecule is CCCC(NC1CC1)c1nc(CC)c(C)s1. The van der Waals surface area contributed by atoms with Gasteiger partial charge in [-0.25, -0.2) is 4.98 Å². The fraction of sp³-hybridized carbons (Fsp3) is 0.769. The molecule has 1 fully saturated rings. The van der Waals surface area contributed by atoms with Gasteiger partial charge < -0.3 is 5.32 Å². The second kappa shape index (κ2) is 5.28. The summed E-state index contributed by atoms with van der Waals surface area (Å²) in [5.41, 5.74) is 1.29. The zero-order chi connectivity index (χ0) is 11.5. The molecule has 0 bridgehead atoms. The Balaban J connectivity index is 2.09. The van der Waals surface area contributed by atoms with E-state index in [4.69, 9.17) is 4.98 Å². The Kier molecular flexibility index (Phi) is 3.98. The van der Waals surface area contributed by atoms with Crippen molar-refractivity contribution >= 4 is 11.3 Å². The first-order valence-electron chi connectivity index (χ1n) is 6.46. The minimum absolute atomic E-state index is 0.501. The molecule has 1 aliphatic rings. The number of rotatable bonds is 6. The molecule has 3 heteroatoms. The lowest BCUT2D eigenvalue weighted by Crippen LogP contribution is -2.23. The molecule has 1 N–H and O–H groups in total. The van der Waals surface area contributed by atoms with E-state index >= 15 is 0 Å². The van der Waals surface area contributed by atoms with Gasteiger partial charge in [0.25, 0.3) is 0 Å². The fourth-order valence-electron chi connectivity index (χ4n) is 2.03. The Hall–Kier alpha value is -0.410. The molecule has 2 nitrogen and oxygen atoms in total. The van der Waals surface area contributed by atoms with Crippen LogP contribution in [-0.4, -0.2) is 11.0 Å². The van der Waals surface area contributed by atoms with Gasteiger partial charge in [0, 0.05) is 10.9 Å². The molecule has 1 aromatic rings. The van der Waals surface area contributed by atoms with Crippen molar-refractivity contribution in [2.75, 3.05) is 0 Å². The predicted octanol–water partition coefficient (Wildman–Crippen LogP) is 3.61. The number of aryl methyl sites for hydroxylation is 2. The minimum Gasteiger partial charge on any atom is -0.305 e. The van der Waals surface area contributed by atoms with Crippen LogP contribution in [0.5, 0.6) is 0 Å². The molecule has 1 saturated carbocycles. The Labute approximate surface area is 102 Å². The second-order valence-electron chi connectivity index (χ2n) is 4.69. The van der Waals surface area contributed by atoms with E-state index in [2.05, 4.69) is 26.1 Å². The van der Waals surface area contributed by atoms with Gasteiger partial charge in [-0.05, 0) is 32.6 Å². The average molecular weight is 238 g/mol. The van der Waals surface area contributed by atoms with E-state index in [9.17, 15) is 0 Å². The van der Waals surface area contributed by atoms with Gasteiger partial charge in [0.05, 0.1) is 11.7 Å². The maximum absolute atomic E-state index is 4.78. The van der Waals surface area contributed by atoms with Gasteiger partial charge in [0.1, 0.15) is 5.01 Å². The lowest BCUT2D eigenvalue weighted by atomic mass is 10.2. The van der Waals surface area contributed by atoms with Crippen molar-refractivity contribution in [1.82, 2.24) is 10.3 Å². The summed E-state index contributed by atoms with van der Waals surface area (Å²) in [4.78, 5) is 6.18. The Morgan fingerprint density at radius 1 is 1.44 bits per heavy atom. The smallest absolute Gasteiger partial charge is 0.110 e. The van der Waals surface area contributed by atoms with Gasteiger partial charge in [0.15, 0.2) is 0 Å². The first-order valence-corrected chi connectivity index (χ1v) is 7.28. The topological polar surface area (TPSA) is 24.9 Å². The zero-order valence-corrected chi connectivity index (χ0v) is 11.4. The maximum atomic E-state index is 4.78. The largest absolute Gasteiger partial charge is 0.305 e. The monoisotopic (exact) mass is 238 g/mol. The predicted molar refractivity (Wildman–Crippen MR) is 70.0 cm³/mol. The summed E-state index contributed by atoms with van der Waals surface area (Å²) in [6.07, 6.45) is 6.21. The van der Waals surface area contributed by atoms with Crippen LogP contribution in [-0.2, 0) is 6.42 Å². The number of nitrogens with one attached hydrogen (secondary N) is 1. The third-order valence-corrected chi connectivity index (χ3v) is 4.26. The molecule has 0 spiro atoms. The van der Waals surface area contributed by atoms with Crippen LogP contribution in [0.15, 0.2) is 0 Å². The highest BCUT2D eigenvalue weighted by molar-refractivity contribution is 7.11. The summed E-state index contributed by atoms with van der Waals surface area (Å²) in [5, 5.41) is 5.03. The van der Waals surface area contributed by atoms with Gasteiger partial charge in [0.2, 0.25) is 0 Å². The molecule has 1 heterocycles. The Bertz CT molecular complexity index is 342. The van der Waals surface area contributed by atoms with Gasteiger partial charge >= 0.3 is 0 Å². The third kappa shape index (κ3) is 2.83. The van der Waals surface area contributed by atoms with Gasteiger partial charge in [-0.2, -0.15) is 0 Å². The number of hydrogen-bond acceptors (Lipinski definition) is 3. The zero-order valence-electron chi connectivity index (χ0n) is 10.5. The Morgan fingerprint density at radius 3 is 2.69 bits per heavy atom. The lowest BCUT2D eigenvalue weighted by molar-refractivity contribution is 0.488. The molecular weight excluding hydrogens is 216 g/mol. The Morgan fingerprint density at radius 2 is 2.19 bits per heavy atom. The molecule has 0 amide bonds. The van der Waals surface area contributed by atoms with Gasteiger partial charge in [-0.3, -0.25) is 0 Å².